The molecule has 0 bridgehead atoms. The molecule has 0 saturated heterocycles. The molecule has 0 spiro atoms. The van der Waals surface area contributed by atoms with Gasteiger partial charge in [0, 0.05) is 50.6 Å². The van der Waals surface area contributed by atoms with E-state index in [9.17, 15) is 0 Å². The Labute approximate surface area is 519 Å². The molecule has 0 amide bonds. The van der Waals surface area contributed by atoms with Gasteiger partial charge in [0.15, 0.2) is 0 Å². The lowest BCUT2D eigenvalue weighted by Gasteiger charge is -2.26. The van der Waals surface area contributed by atoms with Gasteiger partial charge < -0.3 is 14.4 Å². The molecule has 418 valence electrons. The van der Waals surface area contributed by atoms with E-state index < -0.39 is 0 Å². The Morgan fingerprint density at radius 1 is 0.169 bits per heavy atom. The van der Waals surface area contributed by atoms with Crippen LogP contribution in [0.15, 0.2) is 358 Å². The average Bonchev–Trinajstić information content (AvgIpc) is 1.84. The summed E-state index contributed by atoms with van der Waals surface area (Å²) in [6, 6.07) is 130. The van der Waals surface area contributed by atoms with Gasteiger partial charge in [-0.15, -0.1) is 0 Å². The van der Waals surface area contributed by atoms with E-state index in [1.165, 1.54) is 76.8 Å². The summed E-state index contributed by atoms with van der Waals surface area (Å²) < 4.78 is 2.45. The van der Waals surface area contributed by atoms with Crippen molar-refractivity contribution < 1.29 is 0 Å². The first-order valence-electron chi connectivity index (χ1n) is 30.6. The molecule has 0 fully saturated rings. The molecule has 1 heterocycles. The Morgan fingerprint density at radius 2 is 0.404 bits per heavy atom. The molecule has 3 nitrogen and oxygen atoms in total. The highest BCUT2D eigenvalue weighted by atomic mass is 15.1. The van der Waals surface area contributed by atoms with Gasteiger partial charge in [-0.2, -0.15) is 0 Å². The van der Waals surface area contributed by atoms with Crippen LogP contribution in [0.2, 0.25) is 0 Å². The van der Waals surface area contributed by atoms with E-state index in [2.05, 4.69) is 372 Å². The third-order valence-electron chi connectivity index (χ3n) is 17.6. The first-order chi connectivity index (χ1) is 44.1. The van der Waals surface area contributed by atoms with Crippen LogP contribution in [0.4, 0.5) is 34.1 Å². The van der Waals surface area contributed by atoms with Crippen molar-refractivity contribution in [3.63, 3.8) is 0 Å². The van der Waals surface area contributed by atoms with Gasteiger partial charge in [-0.3, -0.25) is 0 Å². The van der Waals surface area contributed by atoms with Gasteiger partial charge >= 0.3 is 0 Å². The summed E-state index contributed by atoms with van der Waals surface area (Å²) in [4.78, 5) is 4.67. The molecule has 16 rings (SSSR count). The van der Waals surface area contributed by atoms with Crippen LogP contribution in [0.1, 0.15) is 0 Å². The van der Waals surface area contributed by atoms with Crippen molar-refractivity contribution in [2.24, 2.45) is 0 Å². The third-order valence-corrected chi connectivity index (χ3v) is 17.6. The number of benzene rings is 15. The van der Waals surface area contributed by atoms with E-state index in [4.69, 9.17) is 0 Å². The zero-order valence-electron chi connectivity index (χ0n) is 48.9. The van der Waals surface area contributed by atoms with Crippen molar-refractivity contribution in [2.75, 3.05) is 9.80 Å². The van der Waals surface area contributed by atoms with Crippen LogP contribution in [0.25, 0.3) is 116 Å². The van der Waals surface area contributed by atoms with Gasteiger partial charge in [0.05, 0.1) is 11.0 Å². The van der Waals surface area contributed by atoms with Crippen LogP contribution in [0.3, 0.4) is 0 Å². The molecule has 0 aliphatic rings. The van der Waals surface area contributed by atoms with Crippen LogP contribution in [-0.4, -0.2) is 4.57 Å². The number of hydrogen-bond acceptors (Lipinski definition) is 2. The zero-order valence-corrected chi connectivity index (χ0v) is 48.9. The maximum Gasteiger partial charge on any atom is 0.0541 e. The molecule has 0 saturated carbocycles. The summed E-state index contributed by atoms with van der Waals surface area (Å²) in [5, 5.41) is 7.36. The number of fused-ring (bicyclic) bond motifs is 5. The topological polar surface area (TPSA) is 11.4 Å². The minimum absolute atomic E-state index is 1.09. The number of aromatic nitrogens is 1. The molecular formula is C86H59N3. The number of nitrogens with zero attached hydrogens (tertiary/aromatic N) is 3. The Morgan fingerprint density at radius 3 is 0.742 bits per heavy atom. The first-order valence-corrected chi connectivity index (χ1v) is 30.6. The quantitative estimate of drug-likeness (QED) is 0.107. The molecule has 16 aromatic rings. The maximum absolute atomic E-state index is 2.45. The number of hydrogen-bond donors (Lipinski definition) is 0. The summed E-state index contributed by atoms with van der Waals surface area (Å²) in [6.45, 7) is 0. The standard InChI is InChI=1S/C86H59N3/c1-6-20-60(21-7-1)62-34-46-72(47-35-62)87(70-26-12-4-13-27-70)74-50-38-64(39-51-74)68-44-56-83-81(58-68)82-59-69(65-40-52-75(53-41-65)88(71-28-14-5-15-29-71)73-48-36-63(37-49-73)61-22-8-2-9-23-61)45-57-84(82)89(83)76-54-42-67(43-55-76)86-79-32-18-16-30-77(79)85(66-24-10-3-11-25-66)78-31-17-19-33-80(78)86/h1-59H. The van der Waals surface area contributed by atoms with Gasteiger partial charge in [-0.1, -0.05) is 249 Å². The van der Waals surface area contributed by atoms with Gasteiger partial charge in [0.2, 0.25) is 0 Å². The minimum atomic E-state index is 1.09. The number of rotatable bonds is 13. The molecule has 0 aliphatic heterocycles. The van der Waals surface area contributed by atoms with E-state index in [1.807, 2.05) is 0 Å². The minimum Gasteiger partial charge on any atom is -0.311 e. The third kappa shape index (κ3) is 9.87. The molecule has 0 atom stereocenters. The van der Waals surface area contributed by atoms with Gasteiger partial charge in [-0.25, -0.2) is 0 Å². The van der Waals surface area contributed by atoms with Crippen molar-refractivity contribution in [1.29, 1.82) is 0 Å². The fourth-order valence-electron chi connectivity index (χ4n) is 13.3. The predicted molar refractivity (Wildman–Crippen MR) is 378 cm³/mol. The normalized spacial score (nSPS) is 11.4. The summed E-state index contributed by atoms with van der Waals surface area (Å²) in [6.07, 6.45) is 0. The molecule has 1 aromatic heterocycles. The fourth-order valence-corrected chi connectivity index (χ4v) is 13.3. The van der Waals surface area contributed by atoms with Gasteiger partial charge in [-0.05, 0) is 198 Å². The average molecular weight is 1130 g/mol. The second kappa shape index (κ2) is 22.9. The molecule has 3 heteroatoms. The summed E-state index contributed by atoms with van der Waals surface area (Å²) >= 11 is 0. The Hall–Kier alpha value is -11.8. The van der Waals surface area contributed by atoms with E-state index in [-0.39, 0.29) is 0 Å². The van der Waals surface area contributed by atoms with Gasteiger partial charge in [0.25, 0.3) is 0 Å². The van der Waals surface area contributed by atoms with Gasteiger partial charge in [0.1, 0.15) is 0 Å². The van der Waals surface area contributed by atoms with Crippen LogP contribution in [0.5, 0.6) is 0 Å². The molecular weight excluding hydrogens is 1070 g/mol. The first kappa shape index (κ1) is 52.7. The van der Waals surface area contributed by atoms with E-state index >= 15 is 0 Å². The smallest absolute Gasteiger partial charge is 0.0541 e. The summed E-state index contributed by atoms with van der Waals surface area (Å²) in [7, 11) is 0. The van der Waals surface area contributed by atoms with Crippen molar-refractivity contribution in [3.05, 3.63) is 358 Å². The van der Waals surface area contributed by atoms with Crippen molar-refractivity contribution in [3.8, 4) is 72.4 Å². The number of para-hydroxylation sites is 2. The lowest BCUT2D eigenvalue weighted by molar-refractivity contribution is 1.18. The Bertz CT molecular complexity index is 4880. The predicted octanol–water partition coefficient (Wildman–Crippen LogP) is 24.0. The highest BCUT2D eigenvalue weighted by Gasteiger charge is 2.21. The molecule has 0 unspecified atom stereocenters. The van der Waals surface area contributed by atoms with Crippen LogP contribution in [0, 0.1) is 0 Å². The van der Waals surface area contributed by atoms with E-state index in [0.717, 1.165) is 73.1 Å². The Balaban J connectivity index is 0.797. The maximum atomic E-state index is 2.45. The highest BCUT2D eigenvalue weighted by molar-refractivity contribution is 6.21. The number of anilines is 6. The lowest BCUT2D eigenvalue weighted by atomic mass is 9.86. The van der Waals surface area contributed by atoms with E-state index in [1.54, 1.807) is 0 Å². The van der Waals surface area contributed by atoms with Crippen molar-refractivity contribution in [2.45, 2.75) is 0 Å². The molecule has 0 N–H and O–H groups in total. The fraction of sp³-hybridized carbons (Fsp3) is 0. The van der Waals surface area contributed by atoms with Crippen LogP contribution in [-0.2, 0) is 0 Å². The lowest BCUT2D eigenvalue weighted by Crippen LogP contribution is -2.09. The molecule has 89 heavy (non-hydrogen) atoms. The van der Waals surface area contributed by atoms with Crippen LogP contribution >= 0.6 is 0 Å². The monoisotopic (exact) mass is 1130 g/mol. The zero-order chi connectivity index (χ0) is 59.0. The molecule has 0 radical (unpaired) electrons. The van der Waals surface area contributed by atoms with Crippen molar-refractivity contribution in [1.82, 2.24) is 4.57 Å². The second-order valence-electron chi connectivity index (χ2n) is 22.8. The largest absolute Gasteiger partial charge is 0.311 e. The molecule has 15 aromatic carbocycles. The Kier molecular flexibility index (Phi) is 13.6. The van der Waals surface area contributed by atoms with E-state index in [0.29, 0.717) is 0 Å². The SMILES string of the molecule is c1ccc(-c2ccc(N(c3ccccc3)c3ccc(-c4ccc5c(c4)c4cc(-c6ccc(N(c7ccccc7)c7ccc(-c8ccccc8)cc7)cc6)ccc4n5-c4ccc(-c5c6ccccc6c(-c6ccccc6)c6ccccc56)cc4)cc3)cc2)cc1. The summed E-state index contributed by atoms with van der Waals surface area (Å²) in [5.74, 6) is 0. The van der Waals surface area contributed by atoms with Crippen molar-refractivity contribution >= 4 is 77.5 Å². The summed E-state index contributed by atoms with van der Waals surface area (Å²) in [5.41, 5.74) is 24.3. The van der Waals surface area contributed by atoms with Crippen LogP contribution < -0.4 is 9.80 Å². The second-order valence-corrected chi connectivity index (χ2v) is 22.8. The molecule has 0 aliphatic carbocycles. The highest BCUT2D eigenvalue weighted by Crippen LogP contribution is 2.46.